The lowest BCUT2D eigenvalue weighted by molar-refractivity contribution is -0.155. The molecule has 0 aromatic carbocycles. The molecule has 1 aromatic heterocycles. The third-order valence-electron chi connectivity index (χ3n) is 2.56. The molecule has 5 nitrogen and oxygen atoms in total. The number of carbonyl (C=O) groups excluding carboxylic acids is 2. The standard InChI is InChI=1S/C15H22N2O3/c1-11(12-7-9-16-10-8-12)17-13(18)5-6-14(19)20-15(2,3)4/h7-11H,5-6H2,1-4H3,(H,17,18). The van der Waals surface area contributed by atoms with Crippen LogP contribution >= 0.6 is 0 Å². The van der Waals surface area contributed by atoms with Crippen molar-refractivity contribution < 1.29 is 14.3 Å². The highest BCUT2D eigenvalue weighted by Gasteiger charge is 2.17. The van der Waals surface area contributed by atoms with Gasteiger partial charge in [-0.3, -0.25) is 14.6 Å². The molecule has 1 amide bonds. The van der Waals surface area contributed by atoms with Gasteiger partial charge in [-0.15, -0.1) is 0 Å². The number of esters is 1. The second-order valence-corrected chi connectivity index (χ2v) is 5.66. The van der Waals surface area contributed by atoms with Crippen LogP contribution in [0.1, 0.15) is 52.1 Å². The number of hydrogen-bond acceptors (Lipinski definition) is 4. The van der Waals surface area contributed by atoms with Gasteiger partial charge in [-0.1, -0.05) is 0 Å². The Bertz CT molecular complexity index is 452. The zero-order chi connectivity index (χ0) is 15.2. The molecule has 1 heterocycles. The van der Waals surface area contributed by atoms with Gasteiger partial charge in [0.15, 0.2) is 0 Å². The van der Waals surface area contributed by atoms with E-state index >= 15 is 0 Å². The minimum atomic E-state index is -0.516. The highest BCUT2D eigenvalue weighted by molar-refractivity contribution is 5.81. The van der Waals surface area contributed by atoms with Gasteiger partial charge >= 0.3 is 5.97 Å². The summed E-state index contributed by atoms with van der Waals surface area (Å²) in [6.45, 7) is 7.30. The van der Waals surface area contributed by atoms with Gasteiger partial charge in [-0.25, -0.2) is 0 Å². The van der Waals surface area contributed by atoms with Crippen LogP contribution in [0, 0.1) is 0 Å². The van der Waals surface area contributed by atoms with E-state index in [1.807, 2.05) is 19.1 Å². The highest BCUT2D eigenvalue weighted by Crippen LogP contribution is 2.12. The van der Waals surface area contributed by atoms with Gasteiger partial charge in [0.1, 0.15) is 5.60 Å². The number of carbonyl (C=O) groups is 2. The third-order valence-corrected chi connectivity index (χ3v) is 2.56. The number of amides is 1. The maximum absolute atomic E-state index is 11.8. The Morgan fingerprint density at radius 1 is 1.25 bits per heavy atom. The molecule has 1 unspecified atom stereocenters. The maximum atomic E-state index is 11.8. The fourth-order valence-electron chi connectivity index (χ4n) is 1.66. The van der Waals surface area contributed by atoms with Crippen molar-refractivity contribution in [3.63, 3.8) is 0 Å². The van der Waals surface area contributed by atoms with E-state index in [0.717, 1.165) is 5.56 Å². The molecular weight excluding hydrogens is 256 g/mol. The summed E-state index contributed by atoms with van der Waals surface area (Å²) in [4.78, 5) is 27.2. The molecule has 0 aliphatic heterocycles. The molecule has 0 spiro atoms. The van der Waals surface area contributed by atoms with Crippen LogP contribution < -0.4 is 5.32 Å². The van der Waals surface area contributed by atoms with E-state index in [1.165, 1.54) is 0 Å². The second-order valence-electron chi connectivity index (χ2n) is 5.66. The van der Waals surface area contributed by atoms with Crippen LogP contribution in [0.5, 0.6) is 0 Å². The first-order valence-electron chi connectivity index (χ1n) is 6.69. The van der Waals surface area contributed by atoms with E-state index in [2.05, 4.69) is 10.3 Å². The van der Waals surface area contributed by atoms with Crippen molar-refractivity contribution in [1.82, 2.24) is 10.3 Å². The number of ether oxygens (including phenoxy) is 1. The first-order chi connectivity index (χ1) is 9.28. The zero-order valence-corrected chi connectivity index (χ0v) is 12.5. The summed E-state index contributed by atoms with van der Waals surface area (Å²) in [7, 11) is 0. The normalized spacial score (nSPS) is 12.6. The largest absolute Gasteiger partial charge is 0.460 e. The Labute approximate surface area is 119 Å². The Morgan fingerprint density at radius 2 is 1.85 bits per heavy atom. The molecule has 1 atom stereocenters. The number of pyridine rings is 1. The Morgan fingerprint density at radius 3 is 2.40 bits per heavy atom. The van der Waals surface area contributed by atoms with Gasteiger partial charge in [0.2, 0.25) is 5.91 Å². The van der Waals surface area contributed by atoms with Gasteiger partial charge in [-0.05, 0) is 45.4 Å². The predicted molar refractivity (Wildman–Crippen MR) is 75.9 cm³/mol. The summed E-state index contributed by atoms with van der Waals surface area (Å²) in [6, 6.07) is 3.58. The van der Waals surface area contributed by atoms with Gasteiger partial charge in [0, 0.05) is 18.8 Å². The van der Waals surface area contributed by atoms with Crippen LogP contribution in [-0.4, -0.2) is 22.5 Å². The quantitative estimate of drug-likeness (QED) is 0.840. The molecule has 1 N–H and O–H groups in total. The lowest BCUT2D eigenvalue weighted by atomic mass is 10.1. The summed E-state index contributed by atoms with van der Waals surface area (Å²) < 4.78 is 5.15. The molecule has 5 heteroatoms. The number of nitrogens with zero attached hydrogens (tertiary/aromatic N) is 1. The molecule has 0 radical (unpaired) electrons. The molecule has 0 saturated heterocycles. The maximum Gasteiger partial charge on any atom is 0.306 e. The molecule has 0 fully saturated rings. The minimum Gasteiger partial charge on any atom is -0.460 e. The summed E-state index contributed by atoms with van der Waals surface area (Å²) in [6.07, 6.45) is 3.58. The SMILES string of the molecule is CC(NC(=O)CCC(=O)OC(C)(C)C)c1ccncc1. The van der Waals surface area contributed by atoms with Crippen LogP contribution in [-0.2, 0) is 14.3 Å². The molecule has 0 bridgehead atoms. The van der Waals surface area contributed by atoms with Crippen molar-refractivity contribution in [3.05, 3.63) is 30.1 Å². The minimum absolute atomic E-state index is 0.0895. The average Bonchev–Trinajstić information content (AvgIpc) is 2.35. The van der Waals surface area contributed by atoms with Crippen LogP contribution in [0.3, 0.4) is 0 Å². The first-order valence-corrected chi connectivity index (χ1v) is 6.69. The highest BCUT2D eigenvalue weighted by atomic mass is 16.6. The summed E-state index contributed by atoms with van der Waals surface area (Å²) in [5.74, 6) is -0.524. The molecule has 0 aliphatic carbocycles. The monoisotopic (exact) mass is 278 g/mol. The lowest BCUT2D eigenvalue weighted by Crippen LogP contribution is -2.28. The topological polar surface area (TPSA) is 68.3 Å². The van der Waals surface area contributed by atoms with Crippen molar-refractivity contribution in [2.45, 2.75) is 52.2 Å². The van der Waals surface area contributed by atoms with Gasteiger partial charge in [0.05, 0.1) is 12.5 Å². The van der Waals surface area contributed by atoms with Crippen molar-refractivity contribution in [3.8, 4) is 0 Å². The van der Waals surface area contributed by atoms with Crippen LogP contribution in [0.25, 0.3) is 0 Å². The van der Waals surface area contributed by atoms with Gasteiger partial charge in [0.25, 0.3) is 0 Å². The molecule has 1 rings (SSSR count). The van der Waals surface area contributed by atoms with Crippen LogP contribution in [0.4, 0.5) is 0 Å². The van der Waals surface area contributed by atoms with E-state index in [0.29, 0.717) is 0 Å². The lowest BCUT2D eigenvalue weighted by Gasteiger charge is -2.19. The number of rotatable bonds is 5. The van der Waals surface area contributed by atoms with Crippen LogP contribution in [0.15, 0.2) is 24.5 Å². The molecule has 0 aliphatic rings. The first kappa shape index (κ1) is 16.1. The van der Waals surface area contributed by atoms with E-state index in [4.69, 9.17) is 4.74 Å². The summed E-state index contributed by atoms with van der Waals surface area (Å²) in [5.41, 5.74) is 0.461. The Balaban J connectivity index is 2.36. The van der Waals surface area contributed by atoms with E-state index in [1.54, 1.807) is 33.2 Å². The van der Waals surface area contributed by atoms with Crippen molar-refractivity contribution in [1.29, 1.82) is 0 Å². The number of nitrogens with one attached hydrogen (secondary N) is 1. The molecule has 110 valence electrons. The fourth-order valence-corrected chi connectivity index (χ4v) is 1.66. The van der Waals surface area contributed by atoms with Crippen molar-refractivity contribution in [2.24, 2.45) is 0 Å². The number of aromatic nitrogens is 1. The van der Waals surface area contributed by atoms with Crippen molar-refractivity contribution >= 4 is 11.9 Å². The third kappa shape index (κ3) is 6.31. The number of hydrogen-bond donors (Lipinski definition) is 1. The second kappa shape index (κ2) is 7.03. The predicted octanol–water partition coefficient (Wildman–Crippen LogP) is 2.38. The Kier molecular flexibility index (Phi) is 5.67. The summed E-state index contributed by atoms with van der Waals surface area (Å²) in [5, 5.41) is 2.84. The summed E-state index contributed by atoms with van der Waals surface area (Å²) >= 11 is 0. The fraction of sp³-hybridized carbons (Fsp3) is 0.533. The van der Waals surface area contributed by atoms with E-state index in [-0.39, 0.29) is 30.8 Å². The molecule has 1 aromatic rings. The molecular formula is C15H22N2O3. The zero-order valence-electron chi connectivity index (χ0n) is 12.5. The smallest absolute Gasteiger partial charge is 0.306 e. The molecule has 20 heavy (non-hydrogen) atoms. The van der Waals surface area contributed by atoms with Gasteiger partial charge < -0.3 is 10.1 Å². The molecule has 0 saturated carbocycles. The van der Waals surface area contributed by atoms with E-state index < -0.39 is 5.60 Å². The average molecular weight is 278 g/mol. The van der Waals surface area contributed by atoms with Crippen molar-refractivity contribution in [2.75, 3.05) is 0 Å². The van der Waals surface area contributed by atoms with E-state index in [9.17, 15) is 9.59 Å². The van der Waals surface area contributed by atoms with Gasteiger partial charge in [-0.2, -0.15) is 0 Å². The van der Waals surface area contributed by atoms with Crippen LogP contribution in [0.2, 0.25) is 0 Å². The Hall–Kier alpha value is -1.91.